The molecule has 0 unspecified atom stereocenters. The number of fused-ring (bicyclic) bond motifs is 1. The van der Waals surface area contributed by atoms with Crippen LogP contribution in [-0.2, 0) is 27.2 Å². The van der Waals surface area contributed by atoms with Crippen molar-refractivity contribution in [3.8, 4) is 0 Å². The highest BCUT2D eigenvalue weighted by Crippen LogP contribution is 2.35. The molecule has 0 aliphatic carbocycles. The highest BCUT2D eigenvalue weighted by Gasteiger charge is 2.23. The largest absolute Gasteiger partial charge is 0.398 e. The maximum absolute atomic E-state index is 11.7. The Hall–Kier alpha value is -0.780. The third-order valence-corrected chi connectivity index (χ3v) is 6.90. The fourth-order valence-corrected chi connectivity index (χ4v) is 4.87. The van der Waals surface area contributed by atoms with E-state index < -0.39 is 41.8 Å². The van der Waals surface area contributed by atoms with Gasteiger partial charge < -0.3 is 5.73 Å². The van der Waals surface area contributed by atoms with Gasteiger partial charge in [0, 0.05) is 37.4 Å². The highest BCUT2D eigenvalue weighted by molar-refractivity contribution is 8.14. The van der Waals surface area contributed by atoms with Gasteiger partial charge in [0.05, 0.1) is 15.5 Å². The first-order valence-electron chi connectivity index (χ1n) is 5.42. The molecule has 2 rings (SSSR count). The van der Waals surface area contributed by atoms with E-state index in [0.717, 1.165) is 24.3 Å². The van der Waals surface area contributed by atoms with E-state index in [2.05, 4.69) is 0 Å². The third-order valence-electron chi connectivity index (χ3n) is 2.83. The molecule has 0 saturated carbocycles. The van der Waals surface area contributed by atoms with Gasteiger partial charge in [-0.15, -0.1) is 0 Å². The molecule has 0 aromatic heterocycles. The van der Waals surface area contributed by atoms with Gasteiger partial charge in [-0.3, -0.25) is 0 Å². The normalized spacial score (nSPS) is 13.3. The van der Waals surface area contributed by atoms with Crippen LogP contribution in [0.25, 0.3) is 10.8 Å². The van der Waals surface area contributed by atoms with Gasteiger partial charge in [0.1, 0.15) is 4.90 Å². The van der Waals surface area contributed by atoms with E-state index in [1.165, 1.54) is 0 Å². The van der Waals surface area contributed by atoms with E-state index in [1.807, 2.05) is 0 Å². The van der Waals surface area contributed by atoms with Crippen molar-refractivity contribution in [2.75, 3.05) is 5.73 Å². The highest BCUT2D eigenvalue weighted by atomic mass is 35.7. The maximum Gasteiger partial charge on any atom is 0.263 e. The van der Waals surface area contributed by atoms with Gasteiger partial charge in [0.15, 0.2) is 0 Å². The van der Waals surface area contributed by atoms with E-state index in [-0.39, 0.29) is 16.5 Å². The predicted octanol–water partition coefficient (Wildman–Crippen LogP) is 2.20. The van der Waals surface area contributed by atoms with Crippen LogP contribution < -0.4 is 5.73 Å². The van der Waals surface area contributed by atoms with E-state index in [0.29, 0.717) is 0 Å². The zero-order valence-corrected chi connectivity index (χ0v) is 15.4. The molecule has 0 atom stereocenters. The minimum Gasteiger partial charge on any atom is -0.398 e. The molecule has 126 valence electrons. The Balaban J connectivity index is 3.10. The lowest BCUT2D eigenvalue weighted by molar-refractivity contribution is 0.607. The van der Waals surface area contributed by atoms with Crippen molar-refractivity contribution in [2.45, 2.75) is 14.7 Å². The molecule has 0 bridgehead atoms. The van der Waals surface area contributed by atoms with Crippen LogP contribution in [0.1, 0.15) is 0 Å². The van der Waals surface area contributed by atoms with E-state index in [4.69, 9.17) is 37.8 Å². The summed E-state index contributed by atoms with van der Waals surface area (Å²) in [6.45, 7) is 0. The van der Waals surface area contributed by atoms with Gasteiger partial charge in [-0.2, -0.15) is 0 Å². The average molecular weight is 439 g/mol. The monoisotopic (exact) mass is 437 g/mol. The quantitative estimate of drug-likeness (QED) is 0.574. The molecule has 7 nitrogen and oxygen atoms in total. The lowest BCUT2D eigenvalue weighted by Crippen LogP contribution is -2.02. The van der Waals surface area contributed by atoms with Crippen molar-refractivity contribution < 1.29 is 25.3 Å². The van der Waals surface area contributed by atoms with Crippen LogP contribution in [0.4, 0.5) is 5.69 Å². The standard InChI is InChI=1S/C10H6Cl3NO6S3/c11-21(15,16)6-1-5-2-10(23(13,19)20)8(14)4-7(5)9(3-6)22(12,17)18/h1-4H,14H2. The van der Waals surface area contributed by atoms with Gasteiger partial charge in [0.25, 0.3) is 27.2 Å². The van der Waals surface area contributed by atoms with Crippen molar-refractivity contribution in [3.63, 3.8) is 0 Å². The smallest absolute Gasteiger partial charge is 0.263 e. The maximum atomic E-state index is 11.7. The van der Waals surface area contributed by atoms with Crippen LogP contribution in [-0.4, -0.2) is 25.3 Å². The van der Waals surface area contributed by atoms with Crippen molar-refractivity contribution in [3.05, 3.63) is 24.3 Å². The van der Waals surface area contributed by atoms with Crippen LogP contribution >= 0.6 is 32.0 Å². The summed E-state index contributed by atoms with van der Waals surface area (Å²) in [5.41, 5.74) is 5.24. The number of nitrogens with two attached hydrogens (primary N) is 1. The molecule has 0 fully saturated rings. The van der Waals surface area contributed by atoms with Crippen molar-refractivity contribution >= 4 is 75.7 Å². The topological polar surface area (TPSA) is 128 Å². The van der Waals surface area contributed by atoms with E-state index in [9.17, 15) is 25.3 Å². The second kappa shape index (κ2) is 5.64. The summed E-state index contributed by atoms with van der Waals surface area (Å²) < 4.78 is 69.2. The first-order chi connectivity index (χ1) is 10.2. The number of rotatable bonds is 3. The number of hydrogen-bond donors (Lipinski definition) is 1. The minimum atomic E-state index is -4.37. The van der Waals surface area contributed by atoms with Crippen LogP contribution in [0.2, 0.25) is 0 Å². The van der Waals surface area contributed by atoms with Gasteiger partial charge in [-0.25, -0.2) is 25.3 Å². The molecule has 0 radical (unpaired) electrons. The SMILES string of the molecule is Nc1cc2c(S(=O)(=O)Cl)cc(S(=O)(=O)Cl)cc2cc1S(=O)(=O)Cl. The zero-order valence-electron chi connectivity index (χ0n) is 10.7. The summed E-state index contributed by atoms with van der Waals surface area (Å²) in [6, 6.07) is 3.68. The second-order valence-electron chi connectivity index (χ2n) is 4.35. The molecule has 23 heavy (non-hydrogen) atoms. The molecule has 13 heteroatoms. The molecule has 2 N–H and O–H groups in total. The number of halogens is 3. The van der Waals surface area contributed by atoms with Gasteiger partial charge >= 0.3 is 0 Å². The molecule has 0 heterocycles. The predicted molar refractivity (Wildman–Crippen MR) is 87.5 cm³/mol. The lowest BCUT2D eigenvalue weighted by atomic mass is 10.1. The van der Waals surface area contributed by atoms with Crippen molar-refractivity contribution in [1.29, 1.82) is 0 Å². The third kappa shape index (κ3) is 3.83. The number of anilines is 1. The summed E-state index contributed by atoms with van der Waals surface area (Å²) >= 11 is 0. The molecular weight excluding hydrogens is 433 g/mol. The van der Waals surface area contributed by atoms with Gasteiger partial charge in [0.2, 0.25) is 0 Å². The van der Waals surface area contributed by atoms with Gasteiger partial charge in [-0.05, 0) is 29.7 Å². The van der Waals surface area contributed by atoms with Crippen LogP contribution in [0.5, 0.6) is 0 Å². The molecule has 0 amide bonds. The number of nitrogen functional groups attached to an aromatic ring is 1. The Kier molecular flexibility index (Phi) is 4.55. The summed E-state index contributed by atoms with van der Waals surface area (Å²) in [7, 11) is 2.82. The fraction of sp³-hybridized carbons (Fsp3) is 0. The first kappa shape index (κ1) is 18.6. The molecule has 0 aliphatic heterocycles. The second-order valence-corrected chi connectivity index (χ2v) is 12.0. The summed E-state index contributed by atoms with van der Waals surface area (Å²) in [5.74, 6) is 0. The molecule has 2 aromatic rings. The Labute approximate surface area is 145 Å². The van der Waals surface area contributed by atoms with Gasteiger partial charge in [-0.1, -0.05) is 0 Å². The van der Waals surface area contributed by atoms with Crippen molar-refractivity contribution in [1.82, 2.24) is 0 Å². The van der Waals surface area contributed by atoms with Crippen LogP contribution in [0.15, 0.2) is 39.0 Å². The Bertz CT molecular complexity index is 1140. The van der Waals surface area contributed by atoms with E-state index >= 15 is 0 Å². The Morgan fingerprint density at radius 1 is 0.696 bits per heavy atom. The average Bonchev–Trinajstić information content (AvgIpc) is 2.32. The fourth-order valence-electron chi connectivity index (χ4n) is 1.90. The molecule has 0 saturated heterocycles. The first-order valence-corrected chi connectivity index (χ1v) is 12.4. The molecule has 2 aromatic carbocycles. The summed E-state index contributed by atoms with van der Waals surface area (Å²) in [5, 5.41) is -0.162. The number of benzene rings is 2. The zero-order chi connectivity index (χ0) is 17.8. The van der Waals surface area contributed by atoms with Crippen LogP contribution in [0.3, 0.4) is 0 Å². The van der Waals surface area contributed by atoms with Crippen LogP contribution in [0, 0.1) is 0 Å². The Morgan fingerprint density at radius 3 is 1.65 bits per heavy atom. The molecular formula is C10H6Cl3NO6S3. The minimum absolute atomic E-state index is 0.0781. The lowest BCUT2D eigenvalue weighted by Gasteiger charge is -2.10. The molecule has 0 spiro atoms. The summed E-state index contributed by atoms with van der Waals surface area (Å²) in [6.07, 6.45) is 0. The Morgan fingerprint density at radius 2 is 1.22 bits per heavy atom. The van der Waals surface area contributed by atoms with Crippen molar-refractivity contribution in [2.24, 2.45) is 0 Å². The molecule has 0 aliphatic rings. The van der Waals surface area contributed by atoms with E-state index in [1.54, 1.807) is 0 Å². The number of hydrogen-bond acceptors (Lipinski definition) is 7. The summed E-state index contributed by atoms with van der Waals surface area (Å²) in [4.78, 5) is -1.66.